The first kappa shape index (κ1) is 84.9. The number of methoxy groups -OCH3 is 2. The van der Waals surface area contributed by atoms with Gasteiger partial charge >= 0.3 is 5.91 Å². The van der Waals surface area contributed by atoms with E-state index in [2.05, 4.69) is 11.1 Å². The van der Waals surface area contributed by atoms with Crippen molar-refractivity contribution in [1.29, 1.82) is 0 Å². The van der Waals surface area contributed by atoms with Crippen LogP contribution in [-0.4, -0.2) is 206 Å². The highest BCUT2D eigenvalue weighted by Gasteiger charge is 2.36. The van der Waals surface area contributed by atoms with Gasteiger partial charge in [0.25, 0.3) is 0 Å². The fourth-order valence-corrected chi connectivity index (χ4v) is 14.0. The second kappa shape index (κ2) is 42.9. The summed E-state index contributed by atoms with van der Waals surface area (Å²) in [5.74, 6) is -4.05. The van der Waals surface area contributed by atoms with Crippen LogP contribution in [0.5, 0.6) is 23.0 Å². The van der Waals surface area contributed by atoms with Crippen LogP contribution in [-0.2, 0) is 62.8 Å². The Morgan fingerprint density at radius 3 is 1.28 bits per heavy atom. The molecule has 9 amide bonds. The van der Waals surface area contributed by atoms with E-state index >= 15 is 28.8 Å². The molecule has 0 bridgehead atoms. The second-order valence-corrected chi connectivity index (χ2v) is 28.6. The van der Waals surface area contributed by atoms with Gasteiger partial charge in [-0.05, 0) is 108 Å². The standard InChI is InChI=1S/C91H103N11O13/c1-66(71-31-15-7-16-32-71)101(63-88(108)97(57-83(93)103)53-68-29-13-6-14-30-68)90(110)61-98(54-70-44-46-80-82(50-70)115-65-114-80)89(109)64-102(67(2)72-33-17-8-18-34-72)91(111)62-100(56-78(75-39-23-11-24-40-75)76-41-25-12-26-42-76)86(106)58-95(3)85(105)59-96(48-28-27-47-92)87(107)60-99(55-77(73-35-19-9-20-36-73)74-37-21-10-22-38-74)84(104)52-94-51-69-43-45-79(112-4)81(49-69)113-5/h6-26,29-46,49-50,66-67,77-78,94H,27-28,47-48,51-65,92H2,1-5H3,(H2,93,103)/p+1. The number of nitrogens with one attached hydrogen (secondary N) is 1. The van der Waals surface area contributed by atoms with E-state index in [1.165, 1.54) is 46.2 Å². The van der Waals surface area contributed by atoms with Gasteiger partial charge in [0.15, 0.2) is 23.0 Å². The Balaban J connectivity index is 0.948. The lowest BCUT2D eigenvalue weighted by molar-refractivity contribution is -0.306. The number of unbranched alkanes of at least 4 members (excludes halogenated alkanes) is 1. The Labute approximate surface area is 673 Å². The molecule has 9 aromatic carbocycles. The normalized spacial score (nSPS) is 11.9. The number of quaternary nitrogens is 1. The molecule has 0 saturated heterocycles. The molecule has 0 radical (unpaired) electrons. The van der Waals surface area contributed by atoms with Crippen molar-refractivity contribution in [3.8, 4) is 23.0 Å². The van der Waals surface area contributed by atoms with Crippen molar-refractivity contribution in [2.45, 2.75) is 70.2 Å². The highest BCUT2D eigenvalue weighted by Crippen LogP contribution is 2.35. The van der Waals surface area contributed by atoms with E-state index in [1.807, 2.05) is 224 Å². The van der Waals surface area contributed by atoms with Crippen molar-refractivity contribution in [3.63, 3.8) is 0 Å². The van der Waals surface area contributed by atoms with Gasteiger partial charge in [0, 0.05) is 58.2 Å². The summed E-state index contributed by atoms with van der Waals surface area (Å²) < 4.78 is 22.4. The number of benzene rings is 9. The maximum Gasteiger partial charge on any atom is 0.328 e. The van der Waals surface area contributed by atoms with Crippen LogP contribution < -0.4 is 35.7 Å². The molecule has 1 heterocycles. The van der Waals surface area contributed by atoms with Gasteiger partial charge in [0.2, 0.25) is 54.1 Å². The van der Waals surface area contributed by atoms with Gasteiger partial charge in [-0.1, -0.05) is 224 Å². The molecule has 1 aliphatic heterocycles. The zero-order valence-corrected chi connectivity index (χ0v) is 66.1. The molecule has 0 aliphatic carbocycles. The molecule has 0 saturated carbocycles. The van der Waals surface area contributed by atoms with Crippen molar-refractivity contribution < 1.29 is 67.8 Å². The molecule has 2 atom stereocenters. The molecule has 10 rings (SSSR count). The van der Waals surface area contributed by atoms with Crippen LogP contribution in [0.4, 0.5) is 0 Å². The number of carbonyl (C=O) groups is 9. The van der Waals surface area contributed by atoms with Gasteiger partial charge in [-0.15, -0.1) is 0 Å². The van der Waals surface area contributed by atoms with Crippen LogP contribution in [0.15, 0.2) is 249 Å². The van der Waals surface area contributed by atoms with Crippen LogP contribution >= 0.6 is 0 Å². The number of rotatable bonds is 42. The Morgan fingerprint density at radius 2 is 0.800 bits per heavy atom. The van der Waals surface area contributed by atoms with Gasteiger partial charge in [-0.3, -0.25) is 44.1 Å². The predicted octanol–water partition coefficient (Wildman–Crippen LogP) is 8.88. The van der Waals surface area contributed by atoms with E-state index in [-0.39, 0.29) is 71.0 Å². The number of likely N-dealkylation sites (N-methyl/N-ethyl adjacent to an activating group) is 1. The smallest absolute Gasteiger partial charge is 0.328 e. The molecule has 115 heavy (non-hydrogen) atoms. The summed E-state index contributed by atoms with van der Waals surface area (Å²) in [6.45, 7) is -0.162. The summed E-state index contributed by atoms with van der Waals surface area (Å²) in [6.07, 6.45) is 0.932. The van der Waals surface area contributed by atoms with Crippen molar-refractivity contribution in [2.75, 3.05) is 113 Å². The zero-order valence-electron chi connectivity index (χ0n) is 66.1. The van der Waals surface area contributed by atoms with Crippen molar-refractivity contribution in [2.24, 2.45) is 5.73 Å². The number of carbonyl (C=O) groups excluding carboxylic acids is 9. The fraction of sp³-hybridized carbons (Fsp3) is 0.308. The monoisotopic (exact) mass is 1560 g/mol. The minimum Gasteiger partial charge on any atom is -0.493 e. The molecule has 1 aliphatic rings. The summed E-state index contributed by atoms with van der Waals surface area (Å²) in [5.41, 5.74) is 16.5. The maximum atomic E-state index is 16.0. The summed E-state index contributed by atoms with van der Waals surface area (Å²) in [7, 11) is 4.55. The molecule has 9 aromatic rings. The van der Waals surface area contributed by atoms with Crippen LogP contribution in [0.2, 0.25) is 0 Å². The van der Waals surface area contributed by atoms with E-state index in [4.69, 9.17) is 24.7 Å². The van der Waals surface area contributed by atoms with Crippen LogP contribution in [0.25, 0.3) is 0 Å². The Morgan fingerprint density at radius 1 is 0.400 bits per heavy atom. The first-order valence-corrected chi connectivity index (χ1v) is 38.7. The summed E-state index contributed by atoms with van der Waals surface area (Å²) in [6, 6.07) is 74.9. The molecule has 600 valence electrons. The summed E-state index contributed by atoms with van der Waals surface area (Å²) in [4.78, 5) is 147. The Bertz CT molecular complexity index is 4590. The van der Waals surface area contributed by atoms with Gasteiger partial charge in [-0.2, -0.15) is 0 Å². The molecule has 24 heteroatoms. The SMILES string of the molecule is COc1ccc(CNCC(=O)N(CC(=O)N(CCCCN)CC(=O)N(C)CC(=O)N(CC(=O)N(CC(=O)N(CC(=O)N(CC(=O)N(CC([NH3+])=O)Cc2ccccc2)C(C)c2ccccc2)Cc2ccc3c(c2)OCO3)C(C)c2ccccc2)CC(c2ccccc2)c2ccccc2)CC(c2ccccc2)c2ccccc2)cc1OC. The predicted molar refractivity (Wildman–Crippen MR) is 437 cm³/mol. The van der Waals surface area contributed by atoms with Crippen LogP contribution in [0.1, 0.15) is 101 Å². The van der Waals surface area contributed by atoms with E-state index in [0.29, 0.717) is 59.1 Å². The highest BCUT2D eigenvalue weighted by atomic mass is 16.7. The minimum atomic E-state index is -0.837. The van der Waals surface area contributed by atoms with Gasteiger partial charge in [-0.25, -0.2) is 4.79 Å². The highest BCUT2D eigenvalue weighted by molar-refractivity contribution is 5.94. The van der Waals surface area contributed by atoms with Crippen molar-refractivity contribution in [1.82, 2.24) is 44.5 Å². The number of amides is 9. The number of hydrogen-bond acceptors (Lipinski definition) is 15. The van der Waals surface area contributed by atoms with Gasteiger partial charge < -0.3 is 69.2 Å². The van der Waals surface area contributed by atoms with E-state index < -0.39 is 111 Å². The van der Waals surface area contributed by atoms with E-state index in [9.17, 15) is 14.4 Å². The number of nitrogens with zero attached hydrogens (tertiary/aromatic N) is 8. The van der Waals surface area contributed by atoms with Crippen molar-refractivity contribution >= 4 is 53.2 Å². The molecular formula is C91H104N11O13+. The number of ether oxygens (including phenoxy) is 4. The Hall–Kier alpha value is -12.5. The first-order valence-electron chi connectivity index (χ1n) is 38.7. The minimum absolute atomic E-state index is 0.0330. The van der Waals surface area contributed by atoms with Gasteiger partial charge in [0.1, 0.15) is 26.2 Å². The third-order valence-corrected chi connectivity index (χ3v) is 20.6. The summed E-state index contributed by atoms with van der Waals surface area (Å²) in [5, 5.41) is 3.26. The van der Waals surface area contributed by atoms with E-state index in [1.54, 1.807) is 52.3 Å². The Kier molecular flexibility index (Phi) is 31.7. The molecule has 0 aromatic heterocycles. The molecule has 0 spiro atoms. The summed E-state index contributed by atoms with van der Waals surface area (Å²) >= 11 is 0. The zero-order chi connectivity index (χ0) is 81.6. The number of nitrogens with two attached hydrogens (primary N) is 1. The second-order valence-electron chi connectivity index (χ2n) is 28.6. The fourth-order valence-electron chi connectivity index (χ4n) is 14.0. The molecule has 0 fully saturated rings. The van der Waals surface area contributed by atoms with Crippen LogP contribution in [0, 0.1) is 0 Å². The lowest BCUT2D eigenvalue weighted by Gasteiger charge is -2.36. The average molecular weight is 1560 g/mol. The molecular weight excluding hydrogens is 1460 g/mol. The molecule has 6 N–H and O–H groups in total. The quantitative estimate of drug-likeness (QED) is 0.0301. The van der Waals surface area contributed by atoms with Crippen LogP contribution in [0.3, 0.4) is 0 Å². The number of hydrogen-bond donors (Lipinski definition) is 3. The van der Waals surface area contributed by atoms with E-state index in [0.717, 1.165) is 33.4 Å². The third kappa shape index (κ3) is 24.5. The first-order chi connectivity index (χ1) is 55.8. The lowest BCUT2D eigenvalue weighted by Crippen LogP contribution is -2.62. The maximum absolute atomic E-state index is 16.0. The number of fused-ring (bicyclic) bond motifs is 1. The molecule has 2 unspecified atom stereocenters. The van der Waals surface area contributed by atoms with Gasteiger partial charge in [0.05, 0.1) is 59.0 Å². The third-order valence-electron chi connectivity index (χ3n) is 20.6. The lowest BCUT2D eigenvalue weighted by atomic mass is 9.90. The average Bonchev–Trinajstić information content (AvgIpc) is 1.35. The van der Waals surface area contributed by atoms with Crippen molar-refractivity contribution in [3.05, 3.63) is 299 Å². The largest absolute Gasteiger partial charge is 0.493 e. The molecule has 24 nitrogen and oxygen atoms in total. The topological polar surface area (TPSA) is 282 Å².